The van der Waals surface area contributed by atoms with Gasteiger partial charge in [-0.3, -0.25) is 4.79 Å². The van der Waals surface area contributed by atoms with E-state index in [0.29, 0.717) is 40.8 Å². The molecule has 0 saturated carbocycles. The molecule has 1 aromatic heterocycles. The number of hydrogen-bond acceptors (Lipinski definition) is 6. The van der Waals surface area contributed by atoms with Gasteiger partial charge in [0.25, 0.3) is 5.91 Å². The van der Waals surface area contributed by atoms with Gasteiger partial charge in [0.05, 0.1) is 18.9 Å². The van der Waals surface area contributed by atoms with Crippen LogP contribution in [0.15, 0.2) is 77.3 Å². The van der Waals surface area contributed by atoms with Crippen LogP contribution in [0.4, 0.5) is 0 Å². The number of nitrogens with zero attached hydrogens (tertiary/aromatic N) is 1. The number of methoxy groups -OCH3 is 1. The third-order valence-corrected chi connectivity index (χ3v) is 5.17. The number of ether oxygens (including phenoxy) is 3. The van der Waals surface area contributed by atoms with Crippen molar-refractivity contribution in [1.29, 1.82) is 0 Å². The number of aromatic nitrogens is 1. The number of amides is 1. The largest absolute Gasteiger partial charge is 0.497 e. The van der Waals surface area contributed by atoms with Crippen LogP contribution in [0.25, 0.3) is 22.8 Å². The van der Waals surface area contributed by atoms with Crippen molar-refractivity contribution in [1.82, 2.24) is 10.3 Å². The van der Waals surface area contributed by atoms with Crippen molar-refractivity contribution in [2.75, 3.05) is 13.9 Å². The Morgan fingerprint density at radius 2 is 1.84 bits per heavy atom. The van der Waals surface area contributed by atoms with Crippen molar-refractivity contribution >= 4 is 5.91 Å². The second-order valence-electron chi connectivity index (χ2n) is 7.17. The lowest BCUT2D eigenvalue weighted by Gasteiger charge is -2.09. The Balaban J connectivity index is 1.34. The van der Waals surface area contributed by atoms with E-state index in [4.69, 9.17) is 18.6 Å². The molecule has 1 N–H and O–H groups in total. The molecule has 0 aliphatic carbocycles. The average molecular weight is 428 g/mol. The number of rotatable bonds is 6. The highest BCUT2D eigenvalue weighted by Crippen LogP contribution is 2.33. The maximum absolute atomic E-state index is 12.9. The van der Waals surface area contributed by atoms with Crippen molar-refractivity contribution in [3.05, 3.63) is 84.1 Å². The van der Waals surface area contributed by atoms with E-state index in [1.165, 1.54) is 0 Å². The molecule has 0 spiro atoms. The number of oxazole rings is 1. The zero-order chi connectivity index (χ0) is 21.9. The minimum absolute atomic E-state index is 0.215. The molecule has 0 fully saturated rings. The molecule has 1 amide bonds. The summed E-state index contributed by atoms with van der Waals surface area (Å²) in [5, 5.41) is 2.95. The molecule has 0 atom stereocenters. The van der Waals surface area contributed by atoms with Crippen LogP contribution in [-0.2, 0) is 6.54 Å². The van der Waals surface area contributed by atoms with Gasteiger partial charge in [-0.05, 0) is 54.1 Å². The van der Waals surface area contributed by atoms with Crippen LogP contribution in [0.5, 0.6) is 17.2 Å². The van der Waals surface area contributed by atoms with Gasteiger partial charge in [-0.15, -0.1) is 0 Å². The summed E-state index contributed by atoms with van der Waals surface area (Å²) in [5.74, 6) is 2.92. The highest BCUT2D eigenvalue weighted by molar-refractivity contribution is 6.00. The number of carbonyl (C=O) groups excluding carboxylic acids is 1. The van der Waals surface area contributed by atoms with Crippen molar-refractivity contribution in [2.24, 2.45) is 0 Å². The van der Waals surface area contributed by atoms with Crippen LogP contribution in [0.2, 0.25) is 0 Å². The van der Waals surface area contributed by atoms with Crippen LogP contribution in [0.1, 0.15) is 15.9 Å². The van der Waals surface area contributed by atoms with Crippen LogP contribution >= 0.6 is 0 Å². The summed E-state index contributed by atoms with van der Waals surface area (Å²) in [4.78, 5) is 17.3. The lowest BCUT2D eigenvalue weighted by molar-refractivity contribution is 0.0951. The van der Waals surface area contributed by atoms with Crippen LogP contribution in [-0.4, -0.2) is 24.8 Å². The molecule has 4 aromatic rings. The number of nitrogens with one attached hydrogen (secondary N) is 1. The van der Waals surface area contributed by atoms with Gasteiger partial charge in [0.1, 0.15) is 5.75 Å². The topological polar surface area (TPSA) is 82.8 Å². The van der Waals surface area contributed by atoms with Crippen molar-refractivity contribution in [3.63, 3.8) is 0 Å². The van der Waals surface area contributed by atoms with Gasteiger partial charge < -0.3 is 23.9 Å². The van der Waals surface area contributed by atoms with E-state index < -0.39 is 0 Å². The predicted molar refractivity (Wildman–Crippen MR) is 118 cm³/mol. The summed E-state index contributed by atoms with van der Waals surface area (Å²) in [7, 11) is 1.62. The number of hydrogen-bond donors (Lipinski definition) is 1. The predicted octanol–water partition coefficient (Wildman–Crippen LogP) is 4.68. The first-order valence-corrected chi connectivity index (χ1v) is 10.1. The maximum Gasteiger partial charge on any atom is 0.252 e. The zero-order valence-electron chi connectivity index (χ0n) is 17.3. The maximum atomic E-state index is 12.9. The standard InChI is InChI=1S/C25H20N2O5/c1-29-18-9-7-17(8-10-18)23-14-27-25(32-23)20-5-3-2-4-19(20)24(28)26-13-16-6-11-21-22(12-16)31-15-30-21/h2-12,14H,13,15H2,1H3,(H,26,28). The van der Waals surface area contributed by atoms with E-state index in [1.54, 1.807) is 19.4 Å². The molecule has 0 bridgehead atoms. The molecule has 160 valence electrons. The first-order valence-electron chi connectivity index (χ1n) is 10.1. The van der Waals surface area contributed by atoms with Gasteiger partial charge in [0.15, 0.2) is 17.3 Å². The molecule has 1 aliphatic rings. The monoisotopic (exact) mass is 428 g/mol. The normalized spacial score (nSPS) is 11.9. The fourth-order valence-electron chi connectivity index (χ4n) is 3.48. The first-order chi connectivity index (χ1) is 15.7. The Hall–Kier alpha value is -4.26. The van der Waals surface area contributed by atoms with Gasteiger partial charge in [-0.25, -0.2) is 4.98 Å². The van der Waals surface area contributed by atoms with Crippen LogP contribution < -0.4 is 19.5 Å². The molecule has 0 saturated heterocycles. The summed E-state index contributed by atoms with van der Waals surface area (Å²) in [5.41, 5.74) is 2.89. The molecule has 7 nitrogen and oxygen atoms in total. The number of carbonyl (C=O) groups is 1. The zero-order valence-corrected chi connectivity index (χ0v) is 17.3. The van der Waals surface area contributed by atoms with Crippen molar-refractivity contribution in [3.8, 4) is 40.0 Å². The van der Waals surface area contributed by atoms with E-state index in [-0.39, 0.29) is 12.7 Å². The number of fused-ring (bicyclic) bond motifs is 1. The minimum Gasteiger partial charge on any atom is -0.497 e. The lowest BCUT2D eigenvalue weighted by atomic mass is 10.1. The third-order valence-electron chi connectivity index (χ3n) is 5.17. The second-order valence-corrected chi connectivity index (χ2v) is 7.17. The summed E-state index contributed by atoms with van der Waals surface area (Å²) in [6.07, 6.45) is 1.65. The third kappa shape index (κ3) is 3.88. The molecule has 2 heterocycles. The minimum atomic E-state index is -0.220. The SMILES string of the molecule is COc1ccc(-c2cnc(-c3ccccc3C(=O)NCc3ccc4c(c3)OCO4)o2)cc1. The second kappa shape index (κ2) is 8.47. The van der Waals surface area contributed by atoms with E-state index in [9.17, 15) is 4.79 Å². The first kappa shape index (κ1) is 19.7. The molecule has 3 aromatic carbocycles. The molecule has 0 radical (unpaired) electrons. The van der Waals surface area contributed by atoms with Gasteiger partial charge in [-0.2, -0.15) is 0 Å². The molecule has 5 rings (SSSR count). The van der Waals surface area contributed by atoms with E-state index in [1.807, 2.05) is 60.7 Å². The lowest BCUT2D eigenvalue weighted by Crippen LogP contribution is -2.23. The fraction of sp³-hybridized carbons (Fsp3) is 0.120. The summed E-state index contributed by atoms with van der Waals surface area (Å²) in [6, 6.07) is 20.3. The molecule has 1 aliphatic heterocycles. The average Bonchev–Trinajstić information content (AvgIpc) is 3.52. The molecule has 32 heavy (non-hydrogen) atoms. The molecular formula is C25H20N2O5. The van der Waals surface area contributed by atoms with Crippen molar-refractivity contribution < 1.29 is 23.4 Å². The fourth-order valence-corrected chi connectivity index (χ4v) is 3.48. The smallest absolute Gasteiger partial charge is 0.252 e. The Bertz CT molecular complexity index is 1260. The van der Waals surface area contributed by atoms with Crippen LogP contribution in [0, 0.1) is 0 Å². The highest BCUT2D eigenvalue weighted by atomic mass is 16.7. The Kier molecular flexibility index (Phi) is 5.21. The number of benzene rings is 3. The van der Waals surface area contributed by atoms with Gasteiger partial charge in [0, 0.05) is 17.7 Å². The Morgan fingerprint density at radius 3 is 2.69 bits per heavy atom. The quantitative estimate of drug-likeness (QED) is 0.480. The van der Waals surface area contributed by atoms with E-state index in [0.717, 1.165) is 16.9 Å². The van der Waals surface area contributed by atoms with Gasteiger partial charge in [0.2, 0.25) is 12.7 Å². The van der Waals surface area contributed by atoms with Gasteiger partial charge >= 0.3 is 0 Å². The summed E-state index contributed by atoms with van der Waals surface area (Å²) in [6.45, 7) is 0.569. The summed E-state index contributed by atoms with van der Waals surface area (Å²) < 4.78 is 21.9. The Morgan fingerprint density at radius 1 is 1.03 bits per heavy atom. The van der Waals surface area contributed by atoms with Crippen LogP contribution in [0.3, 0.4) is 0 Å². The Labute approximate surface area is 184 Å². The molecular weight excluding hydrogens is 408 g/mol. The molecule has 7 heteroatoms. The van der Waals surface area contributed by atoms with E-state index >= 15 is 0 Å². The summed E-state index contributed by atoms with van der Waals surface area (Å²) >= 11 is 0. The van der Waals surface area contributed by atoms with Crippen molar-refractivity contribution in [2.45, 2.75) is 6.54 Å². The molecule has 0 unspecified atom stereocenters. The van der Waals surface area contributed by atoms with Gasteiger partial charge in [-0.1, -0.05) is 18.2 Å². The highest BCUT2D eigenvalue weighted by Gasteiger charge is 2.18. The van der Waals surface area contributed by atoms with E-state index in [2.05, 4.69) is 10.3 Å².